The molecule has 4 nitrogen and oxygen atoms in total. The average molecular weight is 418 g/mol. The summed E-state index contributed by atoms with van der Waals surface area (Å²) in [5.41, 5.74) is 0. The van der Waals surface area contributed by atoms with Gasteiger partial charge in [0, 0.05) is 0 Å². The maximum absolute atomic E-state index is 12.9. The minimum atomic E-state index is -4.46. The molecule has 0 radical (unpaired) electrons. The van der Waals surface area contributed by atoms with E-state index < -0.39 is 43.3 Å². The second-order valence-corrected chi connectivity index (χ2v) is 10.2. The van der Waals surface area contributed by atoms with E-state index in [1.54, 1.807) is 12.1 Å². The summed E-state index contributed by atoms with van der Waals surface area (Å²) in [6.07, 6.45) is -4.64. The van der Waals surface area contributed by atoms with E-state index in [0.717, 1.165) is 12.2 Å². The third kappa shape index (κ3) is 5.43. The second-order valence-electron chi connectivity index (χ2n) is 5.67. The first-order chi connectivity index (χ1) is 12.5. The molecule has 0 amide bonds. The Morgan fingerprint density at radius 3 is 1.52 bits per heavy atom. The quantitative estimate of drug-likeness (QED) is 0.634. The lowest BCUT2D eigenvalue weighted by molar-refractivity contribution is -0.125. The molecule has 0 saturated heterocycles. The predicted molar refractivity (Wildman–Crippen MR) is 95.5 cm³/mol. The summed E-state index contributed by atoms with van der Waals surface area (Å²) in [5, 5.41) is 0. The molecule has 0 N–H and O–H groups in total. The minimum absolute atomic E-state index is 0.210. The number of hydrogen-bond donors (Lipinski definition) is 0. The Kier molecular flexibility index (Phi) is 6.48. The van der Waals surface area contributed by atoms with Crippen LogP contribution in [0.15, 0.2) is 82.6 Å². The normalized spacial score (nSPS) is 13.3. The van der Waals surface area contributed by atoms with Crippen LogP contribution in [0, 0.1) is 0 Å². The maximum Gasteiger partial charge on any atom is 0.392 e. The fourth-order valence-electron chi connectivity index (χ4n) is 2.37. The van der Waals surface area contributed by atoms with Crippen molar-refractivity contribution >= 4 is 19.7 Å². The fraction of sp³-hybridized carbons (Fsp3) is 0.222. The molecule has 0 heterocycles. The zero-order chi connectivity index (χ0) is 20.1. The van der Waals surface area contributed by atoms with Crippen LogP contribution in [0.2, 0.25) is 0 Å². The SMILES string of the molecule is O=S(=O)(c1ccccc1)C(C/C=C/CC(F)(F)F)S(=O)(=O)c1ccccc1. The van der Waals surface area contributed by atoms with E-state index in [2.05, 4.69) is 0 Å². The van der Waals surface area contributed by atoms with E-state index in [4.69, 9.17) is 0 Å². The first-order valence-electron chi connectivity index (χ1n) is 7.85. The Balaban J connectivity index is 2.46. The van der Waals surface area contributed by atoms with E-state index >= 15 is 0 Å². The third-order valence-electron chi connectivity index (χ3n) is 3.68. The van der Waals surface area contributed by atoms with Gasteiger partial charge in [-0.15, -0.1) is 0 Å². The van der Waals surface area contributed by atoms with Gasteiger partial charge in [-0.25, -0.2) is 16.8 Å². The highest BCUT2D eigenvalue weighted by atomic mass is 32.3. The summed E-state index contributed by atoms with van der Waals surface area (Å²) >= 11 is 0. The van der Waals surface area contributed by atoms with Crippen LogP contribution in [0.1, 0.15) is 12.8 Å². The topological polar surface area (TPSA) is 68.3 Å². The molecular weight excluding hydrogens is 401 g/mol. The Morgan fingerprint density at radius 2 is 1.15 bits per heavy atom. The number of rotatable bonds is 7. The molecule has 0 saturated carbocycles. The first-order valence-corrected chi connectivity index (χ1v) is 10.9. The number of halogens is 3. The van der Waals surface area contributed by atoms with Crippen molar-refractivity contribution in [3.05, 3.63) is 72.8 Å². The fourth-order valence-corrected chi connectivity index (χ4v) is 6.78. The van der Waals surface area contributed by atoms with Gasteiger partial charge in [-0.1, -0.05) is 48.6 Å². The van der Waals surface area contributed by atoms with Gasteiger partial charge in [0.2, 0.25) is 0 Å². The van der Waals surface area contributed by atoms with Crippen LogP contribution in [0.25, 0.3) is 0 Å². The average Bonchev–Trinajstić information content (AvgIpc) is 2.61. The molecule has 0 aromatic heterocycles. The largest absolute Gasteiger partial charge is 0.392 e. The van der Waals surface area contributed by atoms with Crippen LogP contribution in [0.5, 0.6) is 0 Å². The first kappa shape index (κ1) is 21.2. The molecule has 9 heteroatoms. The molecule has 0 aliphatic rings. The van der Waals surface area contributed by atoms with Gasteiger partial charge < -0.3 is 0 Å². The molecule has 0 unspecified atom stereocenters. The lowest BCUT2D eigenvalue weighted by Gasteiger charge is -2.17. The van der Waals surface area contributed by atoms with Crippen LogP contribution in [0.4, 0.5) is 13.2 Å². The Morgan fingerprint density at radius 1 is 0.741 bits per heavy atom. The monoisotopic (exact) mass is 418 g/mol. The molecule has 2 rings (SSSR count). The molecular formula is C18H17F3O4S2. The molecule has 146 valence electrons. The summed E-state index contributed by atoms with van der Waals surface area (Å²) in [7, 11) is -8.69. The van der Waals surface area contributed by atoms with Crippen LogP contribution in [-0.4, -0.2) is 27.6 Å². The van der Waals surface area contributed by atoms with Crippen LogP contribution in [-0.2, 0) is 19.7 Å². The van der Waals surface area contributed by atoms with Gasteiger partial charge in [-0.05, 0) is 30.7 Å². The van der Waals surface area contributed by atoms with Gasteiger partial charge in [-0.2, -0.15) is 13.2 Å². The minimum Gasteiger partial charge on any atom is -0.222 e. The lowest BCUT2D eigenvalue weighted by atomic mass is 10.3. The van der Waals surface area contributed by atoms with Gasteiger partial charge >= 0.3 is 6.18 Å². The standard InChI is InChI=1S/C18H17F3O4S2/c19-18(20,21)14-8-7-13-17(26(22,23)15-9-3-1-4-10-15)27(24,25)16-11-5-2-6-12-16/h1-12,17H,13-14H2/b8-7+. The van der Waals surface area contributed by atoms with Crippen molar-refractivity contribution in [2.45, 2.75) is 33.4 Å². The number of allylic oxidation sites excluding steroid dienone is 2. The van der Waals surface area contributed by atoms with E-state index in [-0.39, 0.29) is 9.79 Å². The molecule has 0 atom stereocenters. The van der Waals surface area contributed by atoms with Gasteiger partial charge in [0.25, 0.3) is 0 Å². The molecule has 0 spiro atoms. The van der Waals surface area contributed by atoms with Gasteiger partial charge in [0.15, 0.2) is 24.3 Å². The summed E-state index contributed by atoms with van der Waals surface area (Å²) < 4.78 is 86.6. The highest BCUT2D eigenvalue weighted by Gasteiger charge is 2.39. The number of alkyl halides is 3. The molecule has 2 aromatic carbocycles. The summed E-state index contributed by atoms with van der Waals surface area (Å²) in [6, 6.07) is 13.9. The van der Waals surface area contributed by atoms with Gasteiger partial charge in [-0.3, -0.25) is 0 Å². The molecule has 2 aromatic rings. The third-order valence-corrected chi connectivity index (χ3v) is 8.83. The van der Waals surface area contributed by atoms with Crippen molar-refractivity contribution in [2.24, 2.45) is 0 Å². The van der Waals surface area contributed by atoms with Crippen molar-refractivity contribution in [1.29, 1.82) is 0 Å². The van der Waals surface area contributed by atoms with Crippen LogP contribution in [0.3, 0.4) is 0 Å². The van der Waals surface area contributed by atoms with E-state index in [9.17, 15) is 30.0 Å². The van der Waals surface area contributed by atoms with Crippen molar-refractivity contribution in [3.8, 4) is 0 Å². The Labute approximate surface area is 156 Å². The Bertz CT molecular complexity index is 912. The maximum atomic E-state index is 12.9. The van der Waals surface area contributed by atoms with Crippen LogP contribution >= 0.6 is 0 Å². The molecule has 0 aliphatic carbocycles. The molecule has 27 heavy (non-hydrogen) atoms. The smallest absolute Gasteiger partial charge is 0.222 e. The van der Waals surface area contributed by atoms with Gasteiger partial charge in [0.05, 0.1) is 16.2 Å². The van der Waals surface area contributed by atoms with Crippen molar-refractivity contribution < 1.29 is 30.0 Å². The highest BCUT2D eigenvalue weighted by molar-refractivity contribution is 8.09. The summed E-state index contributed by atoms with van der Waals surface area (Å²) in [6.45, 7) is 0. The zero-order valence-corrected chi connectivity index (χ0v) is 15.6. The number of benzene rings is 2. The van der Waals surface area contributed by atoms with Crippen molar-refractivity contribution in [2.75, 3.05) is 0 Å². The van der Waals surface area contributed by atoms with Gasteiger partial charge in [0.1, 0.15) is 0 Å². The second kappa shape index (κ2) is 8.26. The van der Waals surface area contributed by atoms with E-state index in [1.807, 2.05) is 0 Å². The molecule has 0 bridgehead atoms. The van der Waals surface area contributed by atoms with Crippen LogP contribution < -0.4 is 0 Å². The number of sulfone groups is 2. The molecule has 0 fully saturated rings. The predicted octanol–water partition coefficient (Wildman–Crippen LogP) is 4.16. The van der Waals surface area contributed by atoms with E-state index in [0.29, 0.717) is 0 Å². The highest BCUT2D eigenvalue weighted by Crippen LogP contribution is 2.28. The van der Waals surface area contributed by atoms with Crippen molar-refractivity contribution in [3.63, 3.8) is 0 Å². The lowest BCUT2D eigenvalue weighted by Crippen LogP contribution is -2.30. The zero-order valence-electron chi connectivity index (χ0n) is 14.0. The summed E-state index contributed by atoms with van der Waals surface area (Å²) in [4.78, 5) is -0.419. The Hall–Kier alpha value is -2.13. The van der Waals surface area contributed by atoms with Crippen molar-refractivity contribution in [1.82, 2.24) is 0 Å². The van der Waals surface area contributed by atoms with E-state index in [1.165, 1.54) is 48.5 Å². The summed E-state index contributed by atoms with van der Waals surface area (Å²) in [5.74, 6) is 0. The molecule has 0 aliphatic heterocycles. The number of hydrogen-bond acceptors (Lipinski definition) is 4.